The predicted molar refractivity (Wildman–Crippen MR) is 76.8 cm³/mol. The Labute approximate surface area is 114 Å². The molecule has 1 N–H and O–H groups in total. The van der Waals surface area contributed by atoms with Gasteiger partial charge in [0.05, 0.1) is 0 Å². The lowest BCUT2D eigenvalue weighted by molar-refractivity contribution is 0.755. The number of nitrogens with one attached hydrogen (secondary N) is 1. The molecule has 0 unspecified atom stereocenters. The predicted octanol–water partition coefficient (Wildman–Crippen LogP) is 1.36. The lowest BCUT2D eigenvalue weighted by Crippen LogP contribution is -2.26. The van der Waals surface area contributed by atoms with Crippen molar-refractivity contribution in [2.24, 2.45) is 5.92 Å². The molecule has 1 aromatic rings. The van der Waals surface area contributed by atoms with Crippen LogP contribution in [0.25, 0.3) is 0 Å². The van der Waals surface area contributed by atoms with Crippen LogP contribution in [0.3, 0.4) is 0 Å². The van der Waals surface area contributed by atoms with Crippen LogP contribution in [0.2, 0.25) is 0 Å². The fourth-order valence-corrected chi connectivity index (χ4v) is 2.46. The summed E-state index contributed by atoms with van der Waals surface area (Å²) in [6, 6.07) is 0. The van der Waals surface area contributed by atoms with Crippen molar-refractivity contribution in [1.82, 2.24) is 15.0 Å². The summed E-state index contributed by atoms with van der Waals surface area (Å²) in [6.07, 6.45) is 5.14. The van der Waals surface area contributed by atoms with Crippen LogP contribution >= 0.6 is 0 Å². The topological polar surface area (TPSA) is 57.2 Å². The summed E-state index contributed by atoms with van der Waals surface area (Å²) in [4.78, 5) is 18.0. The molecule has 1 saturated heterocycles. The minimum atomic E-state index is 0.662. The Hall–Kier alpha value is -1.59. The standard InChI is InChI=1S/C13H22N6/c1-14-11-15-12(18(2)9-10-5-6-10)17-13(16-11)19-7-3-4-8-19/h10H,3-9H2,1-2H3,(H,14,15,16,17). The van der Waals surface area contributed by atoms with E-state index in [1.165, 1.54) is 25.7 Å². The van der Waals surface area contributed by atoms with E-state index in [0.29, 0.717) is 5.95 Å². The third-order valence-corrected chi connectivity index (χ3v) is 3.79. The molecule has 3 rings (SSSR count). The first-order chi connectivity index (χ1) is 9.26. The molecule has 0 spiro atoms. The van der Waals surface area contributed by atoms with Gasteiger partial charge in [0.25, 0.3) is 0 Å². The number of aromatic nitrogens is 3. The summed E-state index contributed by atoms with van der Waals surface area (Å²) in [5.74, 6) is 3.09. The molecule has 2 fully saturated rings. The molecule has 1 aliphatic heterocycles. The largest absolute Gasteiger partial charge is 0.357 e. The van der Waals surface area contributed by atoms with Gasteiger partial charge < -0.3 is 15.1 Å². The molecule has 2 heterocycles. The van der Waals surface area contributed by atoms with Crippen LogP contribution in [-0.2, 0) is 0 Å². The van der Waals surface area contributed by atoms with Gasteiger partial charge in [-0.3, -0.25) is 0 Å². The lowest BCUT2D eigenvalue weighted by Gasteiger charge is -2.21. The smallest absolute Gasteiger partial charge is 0.231 e. The quantitative estimate of drug-likeness (QED) is 0.864. The van der Waals surface area contributed by atoms with Crippen LogP contribution in [0.5, 0.6) is 0 Å². The molecule has 6 heteroatoms. The Morgan fingerprint density at radius 3 is 2.58 bits per heavy atom. The van der Waals surface area contributed by atoms with Crippen molar-refractivity contribution in [1.29, 1.82) is 0 Å². The highest BCUT2D eigenvalue weighted by atomic mass is 15.4. The van der Waals surface area contributed by atoms with Crippen molar-refractivity contribution in [3.8, 4) is 0 Å². The third-order valence-electron chi connectivity index (χ3n) is 3.79. The SMILES string of the molecule is CNc1nc(N(C)CC2CC2)nc(N2CCCC2)n1. The van der Waals surface area contributed by atoms with Gasteiger partial charge in [-0.15, -0.1) is 0 Å². The Kier molecular flexibility index (Phi) is 3.40. The van der Waals surface area contributed by atoms with Crippen LogP contribution < -0.4 is 15.1 Å². The lowest BCUT2D eigenvalue weighted by atomic mass is 10.4. The summed E-state index contributed by atoms with van der Waals surface area (Å²) < 4.78 is 0. The number of hydrogen-bond acceptors (Lipinski definition) is 6. The fourth-order valence-electron chi connectivity index (χ4n) is 2.46. The van der Waals surface area contributed by atoms with E-state index in [-0.39, 0.29) is 0 Å². The maximum Gasteiger partial charge on any atom is 0.231 e. The van der Waals surface area contributed by atoms with Crippen molar-refractivity contribution >= 4 is 17.8 Å². The molecule has 1 saturated carbocycles. The second kappa shape index (κ2) is 5.19. The zero-order chi connectivity index (χ0) is 13.2. The van der Waals surface area contributed by atoms with Crippen molar-refractivity contribution < 1.29 is 0 Å². The van der Waals surface area contributed by atoms with Gasteiger partial charge in [-0.25, -0.2) is 0 Å². The molecule has 0 radical (unpaired) electrons. The number of anilines is 3. The van der Waals surface area contributed by atoms with E-state index in [2.05, 4.69) is 37.1 Å². The van der Waals surface area contributed by atoms with Crippen LogP contribution in [0.4, 0.5) is 17.8 Å². The summed E-state index contributed by atoms with van der Waals surface area (Å²) in [5.41, 5.74) is 0. The van der Waals surface area contributed by atoms with E-state index in [0.717, 1.165) is 37.4 Å². The van der Waals surface area contributed by atoms with Crippen molar-refractivity contribution in [3.63, 3.8) is 0 Å². The first-order valence-electron chi connectivity index (χ1n) is 7.16. The van der Waals surface area contributed by atoms with Crippen molar-refractivity contribution in [2.75, 3.05) is 48.8 Å². The highest BCUT2D eigenvalue weighted by molar-refractivity contribution is 5.45. The van der Waals surface area contributed by atoms with E-state index in [9.17, 15) is 0 Å². The van der Waals surface area contributed by atoms with E-state index in [1.54, 1.807) is 0 Å². The normalized spacial score (nSPS) is 18.7. The second-order valence-electron chi connectivity index (χ2n) is 5.53. The summed E-state index contributed by atoms with van der Waals surface area (Å²) in [6.45, 7) is 3.16. The zero-order valence-corrected chi connectivity index (χ0v) is 11.8. The van der Waals surface area contributed by atoms with E-state index in [4.69, 9.17) is 0 Å². The molecule has 104 valence electrons. The minimum absolute atomic E-state index is 0.662. The van der Waals surface area contributed by atoms with E-state index >= 15 is 0 Å². The van der Waals surface area contributed by atoms with Crippen molar-refractivity contribution in [3.05, 3.63) is 0 Å². The van der Waals surface area contributed by atoms with Crippen LogP contribution in [0, 0.1) is 5.92 Å². The maximum atomic E-state index is 4.63. The van der Waals surface area contributed by atoms with E-state index in [1.807, 2.05) is 7.05 Å². The van der Waals surface area contributed by atoms with Gasteiger partial charge >= 0.3 is 0 Å². The van der Waals surface area contributed by atoms with Crippen LogP contribution in [-0.4, -0.2) is 48.7 Å². The number of rotatable bonds is 5. The minimum Gasteiger partial charge on any atom is -0.357 e. The highest BCUT2D eigenvalue weighted by Crippen LogP contribution is 2.30. The van der Waals surface area contributed by atoms with Gasteiger partial charge in [0.1, 0.15) is 0 Å². The van der Waals surface area contributed by atoms with Gasteiger partial charge in [-0.05, 0) is 31.6 Å². The molecular formula is C13H22N6. The molecule has 6 nitrogen and oxygen atoms in total. The first kappa shape index (κ1) is 12.4. The Balaban J connectivity index is 1.82. The van der Waals surface area contributed by atoms with Gasteiger partial charge in [0.15, 0.2) is 0 Å². The molecule has 0 aromatic carbocycles. The van der Waals surface area contributed by atoms with E-state index < -0.39 is 0 Å². The summed E-state index contributed by atoms with van der Waals surface area (Å²) >= 11 is 0. The fraction of sp³-hybridized carbons (Fsp3) is 0.769. The molecule has 1 aromatic heterocycles. The van der Waals surface area contributed by atoms with Gasteiger partial charge in [0, 0.05) is 33.7 Å². The average Bonchev–Trinajstić information content (AvgIpc) is 3.08. The maximum absolute atomic E-state index is 4.63. The molecule has 19 heavy (non-hydrogen) atoms. The third kappa shape index (κ3) is 2.88. The monoisotopic (exact) mass is 262 g/mol. The molecule has 2 aliphatic rings. The van der Waals surface area contributed by atoms with Crippen LogP contribution in [0.15, 0.2) is 0 Å². The second-order valence-corrected chi connectivity index (χ2v) is 5.53. The first-order valence-corrected chi connectivity index (χ1v) is 7.16. The summed E-state index contributed by atoms with van der Waals surface area (Å²) in [7, 11) is 3.93. The molecular weight excluding hydrogens is 240 g/mol. The summed E-state index contributed by atoms with van der Waals surface area (Å²) in [5, 5.41) is 3.04. The van der Waals surface area contributed by atoms with Gasteiger partial charge in [0.2, 0.25) is 17.8 Å². The number of hydrogen-bond donors (Lipinski definition) is 1. The molecule has 0 amide bonds. The van der Waals surface area contributed by atoms with Crippen molar-refractivity contribution in [2.45, 2.75) is 25.7 Å². The molecule has 0 atom stereocenters. The number of nitrogens with zero attached hydrogens (tertiary/aromatic N) is 5. The van der Waals surface area contributed by atoms with Gasteiger partial charge in [-0.1, -0.05) is 0 Å². The molecule has 0 bridgehead atoms. The Morgan fingerprint density at radius 2 is 1.95 bits per heavy atom. The Bertz CT molecular complexity index is 439. The average molecular weight is 262 g/mol. The van der Waals surface area contributed by atoms with Gasteiger partial charge in [-0.2, -0.15) is 15.0 Å². The van der Waals surface area contributed by atoms with Crippen LogP contribution in [0.1, 0.15) is 25.7 Å². The Morgan fingerprint density at radius 1 is 1.21 bits per heavy atom. The zero-order valence-electron chi connectivity index (χ0n) is 11.8. The highest BCUT2D eigenvalue weighted by Gasteiger charge is 2.25. The molecule has 1 aliphatic carbocycles.